The number of aromatic nitrogens is 1. The normalized spacial score (nSPS) is 15.2. The molecule has 0 unspecified atom stereocenters. The van der Waals surface area contributed by atoms with Crippen molar-refractivity contribution in [1.82, 2.24) is 4.98 Å². The van der Waals surface area contributed by atoms with Crippen LogP contribution >= 0.6 is 0 Å². The van der Waals surface area contributed by atoms with Gasteiger partial charge in [0.1, 0.15) is 5.82 Å². The Morgan fingerprint density at radius 1 is 1.64 bits per heavy atom. The van der Waals surface area contributed by atoms with Gasteiger partial charge in [0.15, 0.2) is 0 Å². The van der Waals surface area contributed by atoms with Crippen molar-refractivity contribution in [3.63, 3.8) is 0 Å². The van der Waals surface area contributed by atoms with Gasteiger partial charge >= 0.3 is 0 Å². The molecule has 2 heterocycles. The second-order valence-electron chi connectivity index (χ2n) is 2.66. The molecule has 1 aromatic heterocycles. The van der Waals surface area contributed by atoms with E-state index in [1.165, 1.54) is 5.56 Å². The molecule has 0 saturated carbocycles. The molecule has 0 fully saturated rings. The molecule has 0 aromatic carbocycles. The van der Waals surface area contributed by atoms with Gasteiger partial charge < -0.3 is 4.90 Å². The number of hydrogen-bond donors (Lipinski definition) is 0. The second-order valence-corrected chi connectivity index (χ2v) is 2.66. The second kappa shape index (κ2) is 2.53. The van der Waals surface area contributed by atoms with Crippen molar-refractivity contribution in [1.29, 1.82) is 0 Å². The molecule has 2 rings (SSSR count). The first-order valence-corrected chi connectivity index (χ1v) is 3.95. The molecule has 2 nitrogen and oxygen atoms in total. The van der Waals surface area contributed by atoms with Crippen LogP contribution in [0.4, 0.5) is 5.82 Å². The summed E-state index contributed by atoms with van der Waals surface area (Å²) >= 11 is 0. The van der Waals surface area contributed by atoms with Gasteiger partial charge in [-0.05, 0) is 25.0 Å². The predicted molar refractivity (Wildman–Crippen MR) is 45.3 cm³/mol. The van der Waals surface area contributed by atoms with Crippen molar-refractivity contribution in [3.05, 3.63) is 30.4 Å². The van der Waals surface area contributed by atoms with E-state index in [4.69, 9.17) is 0 Å². The molecule has 0 bridgehead atoms. The fourth-order valence-electron chi connectivity index (χ4n) is 1.42. The number of fused-ring (bicyclic) bond motifs is 1. The molecule has 0 atom stereocenters. The maximum Gasteiger partial charge on any atom is 0.132 e. The Balaban J connectivity index is 2.39. The third kappa shape index (κ3) is 0.985. The van der Waals surface area contributed by atoms with Crippen LogP contribution in [0.1, 0.15) is 12.5 Å². The summed E-state index contributed by atoms with van der Waals surface area (Å²) in [4.78, 5) is 6.50. The highest BCUT2D eigenvalue weighted by atomic mass is 15.2. The van der Waals surface area contributed by atoms with Gasteiger partial charge in [-0.15, -0.1) is 0 Å². The maximum absolute atomic E-state index is 4.31. The van der Waals surface area contributed by atoms with Gasteiger partial charge in [0.2, 0.25) is 0 Å². The molecule has 11 heavy (non-hydrogen) atoms. The summed E-state index contributed by atoms with van der Waals surface area (Å²) in [7, 11) is 0. The van der Waals surface area contributed by atoms with Crippen LogP contribution in [0.5, 0.6) is 0 Å². The summed E-state index contributed by atoms with van der Waals surface area (Å²) in [6.07, 6.45) is 2.89. The fraction of sp³-hybridized carbons (Fsp3) is 0.333. The zero-order valence-electron chi connectivity index (χ0n) is 6.62. The summed E-state index contributed by atoms with van der Waals surface area (Å²) in [5, 5.41) is 0. The Hall–Kier alpha value is -1.05. The van der Waals surface area contributed by atoms with E-state index in [-0.39, 0.29) is 0 Å². The van der Waals surface area contributed by atoms with E-state index < -0.39 is 0 Å². The molecular weight excluding hydrogens is 136 g/mol. The van der Waals surface area contributed by atoms with Gasteiger partial charge in [0.05, 0.1) is 6.54 Å². The maximum atomic E-state index is 4.31. The Morgan fingerprint density at radius 2 is 2.55 bits per heavy atom. The standard InChI is InChI=1S/C9H11N2/c1-2-11-7-5-8-4-3-6-10-9(8)11/h3-4,6-7H,2,5H2,1H3. The van der Waals surface area contributed by atoms with Crippen molar-refractivity contribution in [2.75, 3.05) is 11.4 Å². The third-order valence-corrected chi connectivity index (χ3v) is 2.01. The van der Waals surface area contributed by atoms with Gasteiger partial charge in [-0.25, -0.2) is 4.98 Å². The van der Waals surface area contributed by atoms with E-state index >= 15 is 0 Å². The Bertz CT molecular complexity index is 257. The Labute approximate surface area is 66.9 Å². The van der Waals surface area contributed by atoms with E-state index in [9.17, 15) is 0 Å². The van der Waals surface area contributed by atoms with Crippen LogP contribution in [-0.2, 0) is 6.42 Å². The van der Waals surface area contributed by atoms with E-state index in [1.807, 2.05) is 12.3 Å². The van der Waals surface area contributed by atoms with Crippen LogP contribution in [0, 0.1) is 6.54 Å². The third-order valence-electron chi connectivity index (χ3n) is 2.01. The van der Waals surface area contributed by atoms with Crippen molar-refractivity contribution >= 4 is 5.82 Å². The predicted octanol–water partition coefficient (Wildman–Crippen LogP) is 1.63. The van der Waals surface area contributed by atoms with Gasteiger partial charge in [0.25, 0.3) is 0 Å². The van der Waals surface area contributed by atoms with Crippen LogP contribution in [0.25, 0.3) is 0 Å². The van der Waals surface area contributed by atoms with Crippen molar-refractivity contribution < 1.29 is 0 Å². The summed E-state index contributed by atoms with van der Waals surface area (Å²) in [5.74, 6) is 1.13. The highest BCUT2D eigenvalue weighted by Gasteiger charge is 2.17. The Kier molecular flexibility index (Phi) is 1.53. The van der Waals surface area contributed by atoms with Crippen LogP contribution < -0.4 is 4.90 Å². The van der Waals surface area contributed by atoms with Gasteiger partial charge in [-0.2, -0.15) is 0 Å². The zero-order chi connectivity index (χ0) is 7.68. The number of likely N-dealkylation sites (N-methyl/N-ethyl adjacent to an activating group) is 1. The zero-order valence-corrected chi connectivity index (χ0v) is 6.62. The van der Waals surface area contributed by atoms with E-state index in [0.29, 0.717) is 0 Å². The molecule has 0 aliphatic carbocycles. The van der Waals surface area contributed by atoms with Crippen molar-refractivity contribution in [2.24, 2.45) is 0 Å². The molecule has 1 aromatic rings. The number of nitrogens with zero attached hydrogens (tertiary/aromatic N) is 2. The first-order valence-electron chi connectivity index (χ1n) is 3.95. The lowest BCUT2D eigenvalue weighted by Crippen LogP contribution is -2.15. The van der Waals surface area contributed by atoms with Gasteiger partial charge in [-0.3, -0.25) is 0 Å². The average molecular weight is 147 g/mol. The molecule has 0 N–H and O–H groups in total. The molecule has 0 spiro atoms. The smallest absolute Gasteiger partial charge is 0.132 e. The minimum atomic E-state index is 1.02. The topological polar surface area (TPSA) is 16.1 Å². The molecule has 2 heteroatoms. The average Bonchev–Trinajstić information content (AvgIpc) is 2.47. The fourth-order valence-corrected chi connectivity index (χ4v) is 1.42. The summed E-state index contributed by atoms with van der Waals surface area (Å²) in [6.45, 7) is 5.35. The van der Waals surface area contributed by atoms with E-state index in [1.54, 1.807) is 0 Å². The number of hydrogen-bond acceptors (Lipinski definition) is 2. The summed E-state index contributed by atoms with van der Waals surface area (Å²) < 4.78 is 0. The highest BCUT2D eigenvalue weighted by molar-refractivity contribution is 5.54. The Morgan fingerprint density at radius 3 is 3.36 bits per heavy atom. The molecule has 57 valence electrons. The van der Waals surface area contributed by atoms with Crippen LogP contribution in [0.3, 0.4) is 0 Å². The summed E-state index contributed by atoms with van der Waals surface area (Å²) in [5.41, 5.74) is 1.34. The number of rotatable bonds is 1. The quantitative estimate of drug-likeness (QED) is 0.600. The van der Waals surface area contributed by atoms with E-state index in [2.05, 4.69) is 29.4 Å². The lowest BCUT2D eigenvalue weighted by molar-refractivity contribution is 0.944. The summed E-state index contributed by atoms with van der Waals surface area (Å²) in [6, 6.07) is 4.13. The molecule has 0 amide bonds. The number of anilines is 1. The first kappa shape index (κ1) is 6.65. The first-order chi connectivity index (χ1) is 5.42. The van der Waals surface area contributed by atoms with Gasteiger partial charge in [0, 0.05) is 12.7 Å². The lowest BCUT2D eigenvalue weighted by atomic mass is 10.2. The monoisotopic (exact) mass is 147 g/mol. The van der Waals surface area contributed by atoms with Crippen LogP contribution in [-0.4, -0.2) is 11.5 Å². The van der Waals surface area contributed by atoms with Gasteiger partial charge in [-0.1, -0.05) is 6.07 Å². The minimum Gasteiger partial charge on any atom is -0.351 e. The van der Waals surface area contributed by atoms with E-state index in [0.717, 1.165) is 18.8 Å². The largest absolute Gasteiger partial charge is 0.351 e. The lowest BCUT2D eigenvalue weighted by Gasteiger charge is -2.13. The highest BCUT2D eigenvalue weighted by Crippen LogP contribution is 2.26. The molecule has 1 aliphatic rings. The minimum absolute atomic E-state index is 1.02. The molecule has 0 saturated heterocycles. The van der Waals surface area contributed by atoms with Crippen LogP contribution in [0.2, 0.25) is 0 Å². The number of pyridine rings is 1. The molecule has 1 radical (unpaired) electrons. The SMILES string of the molecule is CCN1[CH]Cc2cccnc21. The molecular formula is C9H11N2. The van der Waals surface area contributed by atoms with Crippen LogP contribution in [0.15, 0.2) is 18.3 Å². The van der Waals surface area contributed by atoms with Crippen molar-refractivity contribution in [2.45, 2.75) is 13.3 Å². The molecule has 1 aliphatic heterocycles. The van der Waals surface area contributed by atoms with Crippen molar-refractivity contribution in [3.8, 4) is 0 Å².